The Bertz CT molecular complexity index is 741. The molecule has 0 saturated carbocycles. The first-order valence-electron chi connectivity index (χ1n) is 8.75. The fraction of sp³-hybridized carbons (Fsp3) is 0.429. The molecule has 0 aromatic heterocycles. The van der Waals surface area contributed by atoms with E-state index in [0.29, 0.717) is 18.4 Å². The maximum absolute atomic E-state index is 6.10. The van der Waals surface area contributed by atoms with Crippen molar-refractivity contribution >= 4 is 0 Å². The van der Waals surface area contributed by atoms with Gasteiger partial charge in [0.15, 0.2) is 11.5 Å². The van der Waals surface area contributed by atoms with E-state index in [1.54, 1.807) is 14.2 Å². The van der Waals surface area contributed by atoms with Crippen LogP contribution in [-0.4, -0.2) is 39.3 Å². The molecule has 0 N–H and O–H groups in total. The largest absolute Gasteiger partial charge is 0.492 e. The molecule has 4 heteroatoms. The van der Waals surface area contributed by atoms with Crippen molar-refractivity contribution in [3.63, 3.8) is 0 Å². The Morgan fingerprint density at radius 3 is 2.36 bits per heavy atom. The van der Waals surface area contributed by atoms with Gasteiger partial charge < -0.3 is 18.7 Å². The normalized spacial score (nSPS) is 18.4. The molecule has 0 radical (unpaired) electrons. The van der Waals surface area contributed by atoms with Crippen LogP contribution in [0.5, 0.6) is 17.2 Å². The van der Waals surface area contributed by atoms with Crippen LogP contribution in [0.1, 0.15) is 29.7 Å². The first kappa shape index (κ1) is 17.6. The van der Waals surface area contributed by atoms with Crippen LogP contribution in [0.4, 0.5) is 0 Å². The van der Waals surface area contributed by atoms with Crippen LogP contribution in [0.3, 0.4) is 0 Å². The highest BCUT2D eigenvalue weighted by Gasteiger charge is 2.37. The predicted octanol–water partition coefficient (Wildman–Crippen LogP) is 3.98. The summed E-state index contributed by atoms with van der Waals surface area (Å²) in [4.78, 5) is 0. The van der Waals surface area contributed by atoms with Gasteiger partial charge in [0, 0.05) is 6.42 Å². The van der Waals surface area contributed by atoms with Crippen molar-refractivity contribution in [2.24, 2.45) is 0 Å². The highest BCUT2D eigenvalue weighted by atomic mass is 16.5. The summed E-state index contributed by atoms with van der Waals surface area (Å²) in [5.74, 6) is 2.24. The molecule has 0 aliphatic carbocycles. The summed E-state index contributed by atoms with van der Waals surface area (Å²) in [6, 6.07) is 12.6. The molecule has 1 unspecified atom stereocenters. The van der Waals surface area contributed by atoms with Gasteiger partial charge in [0.25, 0.3) is 0 Å². The van der Waals surface area contributed by atoms with Crippen molar-refractivity contribution < 1.29 is 18.7 Å². The zero-order valence-corrected chi connectivity index (χ0v) is 15.8. The molecule has 0 spiro atoms. The van der Waals surface area contributed by atoms with E-state index in [4.69, 9.17) is 14.2 Å². The Labute approximate surface area is 150 Å². The van der Waals surface area contributed by atoms with Crippen molar-refractivity contribution in [3.05, 3.63) is 53.1 Å². The minimum atomic E-state index is 0.343. The molecule has 134 valence electrons. The molecule has 2 aromatic rings. The molecule has 1 heterocycles. The van der Waals surface area contributed by atoms with Crippen molar-refractivity contribution in [1.29, 1.82) is 0 Å². The highest BCUT2D eigenvalue weighted by molar-refractivity contribution is 5.60. The predicted molar refractivity (Wildman–Crippen MR) is 99.4 cm³/mol. The number of likely N-dealkylation sites (N-methyl/N-ethyl adjacent to an activating group) is 1. The monoisotopic (exact) mass is 342 g/mol. The number of benzene rings is 2. The third-order valence-electron chi connectivity index (χ3n) is 5.40. The highest BCUT2D eigenvalue weighted by Crippen LogP contribution is 2.48. The fourth-order valence-corrected chi connectivity index (χ4v) is 3.54. The van der Waals surface area contributed by atoms with E-state index in [-0.39, 0.29) is 0 Å². The second-order valence-electron chi connectivity index (χ2n) is 7.22. The Balaban J connectivity index is 2.00. The number of ether oxygens (including phenoxy) is 3. The first-order valence-corrected chi connectivity index (χ1v) is 8.75. The van der Waals surface area contributed by atoms with Gasteiger partial charge in [0.05, 0.1) is 40.4 Å². The van der Waals surface area contributed by atoms with Crippen molar-refractivity contribution in [2.75, 3.05) is 34.9 Å². The summed E-state index contributed by atoms with van der Waals surface area (Å²) < 4.78 is 18.5. The lowest BCUT2D eigenvalue weighted by molar-refractivity contribution is -0.921. The van der Waals surface area contributed by atoms with Crippen LogP contribution >= 0.6 is 0 Å². The molecule has 0 bridgehead atoms. The lowest BCUT2D eigenvalue weighted by Crippen LogP contribution is -2.46. The lowest BCUT2D eigenvalue weighted by atomic mass is 9.90. The van der Waals surface area contributed by atoms with E-state index in [0.717, 1.165) is 34.5 Å². The molecule has 3 rings (SSSR count). The first-order chi connectivity index (χ1) is 12.0. The van der Waals surface area contributed by atoms with Crippen LogP contribution in [0.2, 0.25) is 0 Å². The van der Waals surface area contributed by atoms with E-state index in [1.807, 2.05) is 18.2 Å². The Hall–Kier alpha value is -2.20. The van der Waals surface area contributed by atoms with Gasteiger partial charge in [-0.05, 0) is 24.1 Å². The Morgan fingerprint density at radius 2 is 1.72 bits per heavy atom. The summed E-state index contributed by atoms with van der Waals surface area (Å²) in [6.45, 7) is 3.86. The minimum Gasteiger partial charge on any atom is -0.492 e. The second-order valence-corrected chi connectivity index (χ2v) is 7.22. The van der Waals surface area contributed by atoms with Gasteiger partial charge in [0.2, 0.25) is 5.75 Å². The molecular weight excluding hydrogens is 314 g/mol. The summed E-state index contributed by atoms with van der Waals surface area (Å²) >= 11 is 0. The molecule has 1 aliphatic rings. The summed E-state index contributed by atoms with van der Waals surface area (Å²) in [5.41, 5.74) is 3.67. The van der Waals surface area contributed by atoms with Crippen molar-refractivity contribution in [3.8, 4) is 17.2 Å². The molecule has 0 saturated heterocycles. The van der Waals surface area contributed by atoms with Gasteiger partial charge in [-0.1, -0.05) is 30.3 Å². The Morgan fingerprint density at radius 1 is 1.04 bits per heavy atom. The molecule has 1 aliphatic heterocycles. The number of quaternary nitrogens is 1. The molecule has 1 atom stereocenters. The SMILES string of the molecule is COc1c(OCc2ccccc2)cc2c(c1OC)C(C)[N+](C)(C)CC2. The van der Waals surface area contributed by atoms with E-state index < -0.39 is 0 Å². The van der Waals surface area contributed by atoms with Crippen molar-refractivity contribution in [2.45, 2.75) is 26.0 Å². The Kier molecular flexibility index (Phi) is 4.91. The van der Waals surface area contributed by atoms with Crippen LogP contribution in [-0.2, 0) is 13.0 Å². The third kappa shape index (κ3) is 3.31. The zero-order chi connectivity index (χ0) is 18.0. The van der Waals surface area contributed by atoms with Crippen LogP contribution < -0.4 is 14.2 Å². The van der Waals surface area contributed by atoms with Crippen LogP contribution in [0.15, 0.2) is 36.4 Å². The minimum absolute atomic E-state index is 0.343. The maximum Gasteiger partial charge on any atom is 0.203 e. The van der Waals surface area contributed by atoms with Crippen molar-refractivity contribution in [1.82, 2.24) is 0 Å². The number of fused-ring (bicyclic) bond motifs is 1. The number of methoxy groups -OCH3 is 2. The summed E-state index contributed by atoms with van der Waals surface area (Å²) in [6.07, 6.45) is 1.01. The number of hydrogen-bond donors (Lipinski definition) is 0. The van der Waals surface area contributed by atoms with Gasteiger partial charge in [-0.15, -0.1) is 0 Å². The van der Waals surface area contributed by atoms with Gasteiger partial charge in [0.1, 0.15) is 12.6 Å². The third-order valence-corrected chi connectivity index (χ3v) is 5.40. The van der Waals surface area contributed by atoms with E-state index in [9.17, 15) is 0 Å². The number of hydrogen-bond acceptors (Lipinski definition) is 3. The average molecular weight is 342 g/mol. The smallest absolute Gasteiger partial charge is 0.203 e. The zero-order valence-electron chi connectivity index (χ0n) is 15.8. The average Bonchev–Trinajstić information content (AvgIpc) is 2.63. The van der Waals surface area contributed by atoms with Gasteiger partial charge in [-0.2, -0.15) is 0 Å². The summed E-state index contributed by atoms with van der Waals surface area (Å²) in [7, 11) is 7.91. The quantitative estimate of drug-likeness (QED) is 0.770. The summed E-state index contributed by atoms with van der Waals surface area (Å²) in [5, 5.41) is 0. The lowest BCUT2D eigenvalue weighted by Gasteiger charge is -2.41. The van der Waals surface area contributed by atoms with E-state index >= 15 is 0 Å². The second kappa shape index (κ2) is 6.96. The number of rotatable bonds is 5. The van der Waals surface area contributed by atoms with Gasteiger partial charge >= 0.3 is 0 Å². The molecular formula is C21H28NO3+. The van der Waals surface area contributed by atoms with Gasteiger partial charge in [-0.25, -0.2) is 0 Å². The van der Waals surface area contributed by atoms with E-state index in [2.05, 4.69) is 39.2 Å². The van der Waals surface area contributed by atoms with Crippen LogP contribution in [0, 0.1) is 0 Å². The maximum atomic E-state index is 6.10. The fourth-order valence-electron chi connectivity index (χ4n) is 3.54. The molecule has 0 amide bonds. The number of nitrogens with zero attached hydrogens (tertiary/aromatic N) is 1. The van der Waals surface area contributed by atoms with E-state index in [1.165, 1.54) is 11.1 Å². The molecule has 0 fully saturated rings. The topological polar surface area (TPSA) is 27.7 Å². The van der Waals surface area contributed by atoms with Crippen LogP contribution in [0.25, 0.3) is 0 Å². The molecule has 2 aromatic carbocycles. The molecule has 25 heavy (non-hydrogen) atoms. The van der Waals surface area contributed by atoms with Gasteiger partial charge in [-0.3, -0.25) is 0 Å². The standard InChI is InChI=1S/C21H28NO3/c1-15-19-17(11-12-22(15,2)3)13-18(20(23-4)21(19)24-5)25-14-16-9-7-6-8-10-16/h6-10,13,15H,11-12,14H2,1-5H3/q+1. The molecule has 4 nitrogen and oxygen atoms in total.